The molecule has 0 atom stereocenters. The van der Waals surface area contributed by atoms with Crippen LogP contribution in [0, 0.1) is 5.39 Å². The number of carbonyl (C=O) groups excluding carboxylic acids is 1. The number of hydrogen-bond acceptors (Lipinski definition) is 2. The van der Waals surface area contributed by atoms with Gasteiger partial charge in [0.2, 0.25) is 5.39 Å². The third-order valence-electron chi connectivity index (χ3n) is 3.83. The molecule has 1 aromatic carbocycles. The highest BCUT2D eigenvalue weighted by molar-refractivity contribution is 5.97. The highest BCUT2D eigenvalue weighted by Crippen LogP contribution is 2.38. The normalized spacial score (nSPS) is 16.2. The Morgan fingerprint density at radius 1 is 1.33 bits per heavy atom. The number of benzene rings is 1. The fraction of sp³-hybridized carbons (Fsp3) is 0.533. The van der Waals surface area contributed by atoms with Crippen LogP contribution in [0.3, 0.4) is 0 Å². The van der Waals surface area contributed by atoms with Crippen molar-refractivity contribution < 1.29 is 4.79 Å². The van der Waals surface area contributed by atoms with Gasteiger partial charge in [0.25, 0.3) is 0 Å². The lowest BCUT2D eigenvalue weighted by Crippen LogP contribution is -2.05. The summed E-state index contributed by atoms with van der Waals surface area (Å²) in [6.07, 6.45) is 6.58. The second-order valence-corrected chi connectivity index (χ2v) is 4.99. The topological polar surface area (TPSA) is 45.2 Å². The van der Waals surface area contributed by atoms with Gasteiger partial charge in [0.15, 0.2) is 10.8 Å². The number of hydrogen-bond donors (Lipinski definition) is 0. The zero-order valence-electron chi connectivity index (χ0n) is 10.9. The first-order chi connectivity index (χ1) is 8.76. The highest BCUT2D eigenvalue weighted by Gasteiger charge is 2.25. The smallest absolute Gasteiger partial charge is 0.294 e. The third kappa shape index (κ3) is 2.59. The lowest BCUT2D eigenvalue weighted by molar-refractivity contribution is 0.0988. The van der Waals surface area contributed by atoms with Crippen LogP contribution in [0.15, 0.2) is 18.2 Å². The summed E-state index contributed by atoms with van der Waals surface area (Å²) in [5, 5.41) is 9.14. The minimum Gasteiger partial charge on any atom is -0.294 e. The summed E-state index contributed by atoms with van der Waals surface area (Å²) in [7, 11) is 0. The van der Waals surface area contributed by atoms with E-state index in [1.807, 2.05) is 19.1 Å². The fourth-order valence-corrected chi connectivity index (χ4v) is 2.77. The van der Waals surface area contributed by atoms with Crippen LogP contribution in [0.25, 0.3) is 4.98 Å². The van der Waals surface area contributed by atoms with E-state index in [4.69, 9.17) is 5.39 Å². The van der Waals surface area contributed by atoms with Crippen molar-refractivity contribution in [1.82, 2.24) is 0 Å². The van der Waals surface area contributed by atoms with E-state index < -0.39 is 0 Å². The first-order valence-electron chi connectivity index (χ1n) is 6.78. The van der Waals surface area contributed by atoms with Crippen molar-refractivity contribution in [2.75, 3.05) is 0 Å². The second kappa shape index (κ2) is 5.77. The molecule has 18 heavy (non-hydrogen) atoms. The molecule has 3 heteroatoms. The van der Waals surface area contributed by atoms with Gasteiger partial charge in [0, 0.05) is 18.1 Å². The molecule has 0 spiro atoms. The van der Waals surface area contributed by atoms with E-state index in [0.717, 1.165) is 18.4 Å². The predicted octanol–water partition coefficient (Wildman–Crippen LogP) is 4.81. The van der Waals surface area contributed by atoms with Crippen LogP contribution in [-0.2, 0) is 0 Å². The van der Waals surface area contributed by atoms with Crippen molar-refractivity contribution in [3.63, 3.8) is 0 Å². The fourth-order valence-electron chi connectivity index (χ4n) is 2.77. The van der Waals surface area contributed by atoms with Crippen molar-refractivity contribution in [1.29, 1.82) is 5.39 Å². The molecule has 0 saturated heterocycles. The van der Waals surface area contributed by atoms with Crippen LogP contribution in [0.1, 0.15) is 67.3 Å². The Bertz CT molecular complexity index is 482. The van der Waals surface area contributed by atoms with E-state index >= 15 is 0 Å². The molecule has 0 bridgehead atoms. The number of diazo groups is 1. The van der Waals surface area contributed by atoms with Gasteiger partial charge < -0.3 is 0 Å². The molecule has 1 fully saturated rings. The average Bonchev–Trinajstić information content (AvgIpc) is 2.46. The first-order valence-corrected chi connectivity index (χ1v) is 6.78. The maximum atomic E-state index is 11.6. The quantitative estimate of drug-likeness (QED) is 0.564. The lowest BCUT2D eigenvalue weighted by atomic mass is 9.83. The Labute approximate surface area is 108 Å². The van der Waals surface area contributed by atoms with Crippen molar-refractivity contribution in [3.8, 4) is 0 Å². The Morgan fingerprint density at radius 3 is 2.67 bits per heavy atom. The van der Waals surface area contributed by atoms with Crippen LogP contribution < -0.4 is 0 Å². The van der Waals surface area contributed by atoms with E-state index in [-0.39, 0.29) is 5.78 Å². The molecular formula is C15H19N2O+. The monoisotopic (exact) mass is 243 g/mol. The highest BCUT2D eigenvalue weighted by atomic mass is 16.1. The Balaban J connectivity index is 2.31. The van der Waals surface area contributed by atoms with E-state index in [9.17, 15) is 4.79 Å². The number of carbonyl (C=O) groups is 1. The lowest BCUT2D eigenvalue weighted by Gasteiger charge is -2.20. The van der Waals surface area contributed by atoms with Crippen LogP contribution in [0.5, 0.6) is 0 Å². The van der Waals surface area contributed by atoms with E-state index in [1.54, 1.807) is 6.07 Å². The molecule has 0 radical (unpaired) electrons. The van der Waals surface area contributed by atoms with Crippen LogP contribution in [0.2, 0.25) is 0 Å². The van der Waals surface area contributed by atoms with Gasteiger partial charge in [-0.3, -0.25) is 4.79 Å². The summed E-state index contributed by atoms with van der Waals surface area (Å²) in [6, 6.07) is 5.55. The van der Waals surface area contributed by atoms with Gasteiger partial charge in [-0.1, -0.05) is 32.3 Å². The summed E-state index contributed by atoms with van der Waals surface area (Å²) < 4.78 is 0. The molecule has 1 aliphatic rings. The second-order valence-electron chi connectivity index (χ2n) is 4.99. The average molecular weight is 243 g/mol. The molecule has 0 aliphatic heterocycles. The molecule has 1 aliphatic carbocycles. The van der Waals surface area contributed by atoms with E-state index in [1.165, 1.54) is 19.3 Å². The number of rotatable bonds is 3. The summed E-state index contributed by atoms with van der Waals surface area (Å²) >= 11 is 0. The predicted molar refractivity (Wildman–Crippen MR) is 71.6 cm³/mol. The number of ketones is 1. The summed E-state index contributed by atoms with van der Waals surface area (Å²) in [5.74, 6) is 0.575. The van der Waals surface area contributed by atoms with E-state index in [0.29, 0.717) is 23.6 Å². The first kappa shape index (κ1) is 12.8. The maximum absolute atomic E-state index is 11.6. The van der Waals surface area contributed by atoms with Gasteiger partial charge in [-0.25, -0.2) is 0 Å². The molecule has 2 rings (SSSR count). The molecule has 94 valence electrons. The number of nitrogens with zero attached hydrogens (tertiary/aromatic N) is 2. The summed E-state index contributed by atoms with van der Waals surface area (Å²) in [4.78, 5) is 15.0. The molecule has 0 aromatic heterocycles. The zero-order chi connectivity index (χ0) is 13.0. The van der Waals surface area contributed by atoms with Crippen molar-refractivity contribution >= 4 is 11.5 Å². The molecule has 0 N–H and O–H groups in total. The van der Waals surface area contributed by atoms with Gasteiger partial charge in [-0.15, -0.1) is 0 Å². The Morgan fingerprint density at radius 2 is 2.06 bits per heavy atom. The molecule has 1 aromatic rings. The van der Waals surface area contributed by atoms with Gasteiger partial charge in [0.1, 0.15) is 0 Å². The van der Waals surface area contributed by atoms with Gasteiger partial charge in [-0.2, -0.15) is 0 Å². The van der Waals surface area contributed by atoms with Gasteiger partial charge in [0.05, 0.1) is 5.56 Å². The zero-order valence-corrected chi connectivity index (χ0v) is 10.9. The van der Waals surface area contributed by atoms with Crippen molar-refractivity contribution in [3.05, 3.63) is 34.3 Å². The third-order valence-corrected chi connectivity index (χ3v) is 3.83. The Hall–Kier alpha value is -1.69. The van der Waals surface area contributed by atoms with Gasteiger partial charge >= 0.3 is 5.69 Å². The van der Waals surface area contributed by atoms with Crippen molar-refractivity contribution in [2.24, 2.45) is 0 Å². The molecule has 0 amide bonds. The minimum absolute atomic E-state index is 0.0927. The van der Waals surface area contributed by atoms with Crippen LogP contribution >= 0.6 is 0 Å². The maximum Gasteiger partial charge on any atom is 0.389 e. The molecule has 3 nitrogen and oxygen atoms in total. The summed E-state index contributed by atoms with van der Waals surface area (Å²) in [6.45, 7) is 1.84. The van der Waals surface area contributed by atoms with Crippen LogP contribution in [-0.4, -0.2) is 5.78 Å². The standard InChI is InChI=1S/C15H19N2O/c1-2-15(18)12-8-9-13(14(10-12)17-16)11-6-4-3-5-7-11/h8-11H,2-7H2,1H3/q+1. The largest absolute Gasteiger partial charge is 0.389 e. The molecule has 0 heterocycles. The Kier molecular flexibility index (Phi) is 4.09. The molecular weight excluding hydrogens is 224 g/mol. The number of Topliss-reactive ketones (excluding diaryl/α,β-unsaturated/α-hetero) is 1. The SMILES string of the molecule is CCC(=O)c1ccc(C2CCCCC2)c([N+]#N)c1. The van der Waals surface area contributed by atoms with E-state index in [2.05, 4.69) is 4.98 Å². The molecule has 0 unspecified atom stereocenters. The van der Waals surface area contributed by atoms with Crippen molar-refractivity contribution in [2.45, 2.75) is 51.4 Å². The molecule has 1 saturated carbocycles. The van der Waals surface area contributed by atoms with Gasteiger partial charge in [-0.05, 0) is 24.8 Å². The minimum atomic E-state index is 0.0927. The summed E-state index contributed by atoms with van der Waals surface area (Å²) in [5.41, 5.74) is 2.30. The van der Waals surface area contributed by atoms with Crippen LogP contribution in [0.4, 0.5) is 5.69 Å².